The summed E-state index contributed by atoms with van der Waals surface area (Å²) in [6.07, 6.45) is -0.0983. The first-order chi connectivity index (χ1) is 11.1. The summed E-state index contributed by atoms with van der Waals surface area (Å²) in [7, 11) is -2.45. The largest absolute Gasteiger partial charge is 0.402 e. The highest BCUT2D eigenvalue weighted by Gasteiger charge is 2.21. The van der Waals surface area contributed by atoms with Crippen molar-refractivity contribution in [1.82, 2.24) is 9.96 Å². The zero-order valence-corrected chi connectivity index (χ0v) is 14.3. The van der Waals surface area contributed by atoms with E-state index in [-0.39, 0.29) is 17.9 Å². The van der Waals surface area contributed by atoms with Crippen LogP contribution in [0.3, 0.4) is 0 Å². The maximum Gasteiger partial charge on any atom is 0.402 e. The van der Waals surface area contributed by atoms with E-state index in [0.29, 0.717) is 11.1 Å². The summed E-state index contributed by atoms with van der Waals surface area (Å²) in [5, 5.41) is 0. The summed E-state index contributed by atoms with van der Waals surface area (Å²) in [5.41, 5.74) is 1.07. The molecule has 2 amide bonds. The third-order valence-corrected chi connectivity index (χ3v) is 4.87. The van der Waals surface area contributed by atoms with Gasteiger partial charge in [0.2, 0.25) is 11.8 Å². The molecule has 0 unspecified atom stereocenters. The number of amides is 2. The fourth-order valence-corrected chi connectivity index (χ4v) is 3.52. The zero-order chi connectivity index (χ0) is 16.7. The summed E-state index contributed by atoms with van der Waals surface area (Å²) >= 11 is 0. The topological polar surface area (TPSA) is 67.4 Å². The molecule has 2 N–H and O–H groups in total. The van der Waals surface area contributed by atoms with Crippen LogP contribution in [0.25, 0.3) is 0 Å². The van der Waals surface area contributed by atoms with Crippen molar-refractivity contribution < 1.29 is 14.0 Å². The molecule has 0 radical (unpaired) electrons. The van der Waals surface area contributed by atoms with Crippen LogP contribution in [0.4, 0.5) is 0 Å². The minimum atomic E-state index is -2.45. The van der Waals surface area contributed by atoms with Crippen LogP contribution in [0.15, 0.2) is 60.7 Å². The van der Waals surface area contributed by atoms with Crippen LogP contribution in [0.2, 0.25) is 0 Å². The first-order valence-corrected chi connectivity index (χ1v) is 9.06. The minimum absolute atomic E-state index is 0.0983. The van der Waals surface area contributed by atoms with Gasteiger partial charge in [-0.25, -0.2) is 0 Å². The van der Waals surface area contributed by atoms with Gasteiger partial charge < -0.3 is 14.4 Å². The Bertz CT molecular complexity index is 594. The van der Waals surface area contributed by atoms with Crippen molar-refractivity contribution in [3.63, 3.8) is 0 Å². The minimum Gasteiger partial charge on any atom is -0.383 e. The van der Waals surface area contributed by atoms with Crippen LogP contribution in [0.5, 0.6) is 0 Å². The Labute approximate surface area is 137 Å². The smallest absolute Gasteiger partial charge is 0.383 e. The van der Waals surface area contributed by atoms with E-state index in [1.165, 1.54) is 0 Å². The molecule has 2 rings (SSSR count). The summed E-state index contributed by atoms with van der Waals surface area (Å²) < 4.78 is 5.71. The lowest BCUT2D eigenvalue weighted by Gasteiger charge is -2.20. The Morgan fingerprint density at radius 3 is 1.57 bits per heavy atom. The summed E-state index contributed by atoms with van der Waals surface area (Å²) in [5.74, 6) is -0.507. The molecule has 0 fully saturated rings. The quantitative estimate of drug-likeness (QED) is 0.797. The molecule has 0 saturated carbocycles. The summed E-state index contributed by atoms with van der Waals surface area (Å²) in [4.78, 5) is 30.1. The van der Waals surface area contributed by atoms with Crippen LogP contribution in [0.1, 0.15) is 34.6 Å². The summed E-state index contributed by atoms with van der Waals surface area (Å²) in [6, 6.07) is 17.7. The van der Waals surface area contributed by atoms with E-state index in [1.54, 1.807) is 48.5 Å². The number of carbonyl (C=O) groups excluding carboxylic acids is 2. The Kier molecular flexibility index (Phi) is 6.07. The van der Waals surface area contributed by atoms with Crippen molar-refractivity contribution in [1.29, 1.82) is 0 Å². The molecular formula is C17H20N2O3Si. The lowest BCUT2D eigenvalue weighted by molar-refractivity contribution is 0.0948. The molecule has 5 nitrogen and oxygen atoms in total. The highest BCUT2D eigenvalue weighted by atomic mass is 28.3. The van der Waals surface area contributed by atoms with E-state index < -0.39 is 9.36 Å². The standard InChI is InChI=1S/C17H20N2O3Si/c1-13(2)22-23(18-16(20)14-9-5-3-6-10-14)19-17(21)15-11-7-4-8-12-15/h3-13,23H,1-2H3,(H,18,20)(H,19,21). The van der Waals surface area contributed by atoms with E-state index in [1.807, 2.05) is 26.0 Å². The first-order valence-electron chi connectivity index (χ1n) is 7.43. The molecular weight excluding hydrogens is 308 g/mol. The molecule has 0 bridgehead atoms. The van der Waals surface area contributed by atoms with Crippen LogP contribution in [-0.4, -0.2) is 27.3 Å². The van der Waals surface area contributed by atoms with E-state index in [0.717, 1.165) is 0 Å². The SMILES string of the molecule is CC(C)O[SiH](NC(=O)c1ccccc1)NC(=O)c1ccccc1. The fraction of sp³-hybridized carbons (Fsp3) is 0.176. The van der Waals surface area contributed by atoms with Gasteiger partial charge in [0.15, 0.2) is 0 Å². The molecule has 0 saturated heterocycles. The van der Waals surface area contributed by atoms with Gasteiger partial charge in [-0.2, -0.15) is 0 Å². The molecule has 23 heavy (non-hydrogen) atoms. The van der Waals surface area contributed by atoms with Gasteiger partial charge in [-0.15, -0.1) is 0 Å². The molecule has 120 valence electrons. The highest BCUT2D eigenvalue weighted by Crippen LogP contribution is 2.01. The van der Waals surface area contributed by atoms with Crippen LogP contribution < -0.4 is 9.96 Å². The van der Waals surface area contributed by atoms with Crippen molar-refractivity contribution in [2.45, 2.75) is 20.0 Å². The molecule has 0 aromatic heterocycles. The number of nitrogens with one attached hydrogen (secondary N) is 2. The second-order valence-corrected chi connectivity index (χ2v) is 6.85. The average Bonchev–Trinajstić information content (AvgIpc) is 2.55. The van der Waals surface area contributed by atoms with Gasteiger partial charge in [-0.05, 0) is 38.1 Å². The Hall–Kier alpha value is -2.44. The maximum atomic E-state index is 12.2. The zero-order valence-electron chi connectivity index (χ0n) is 13.2. The molecule has 6 heteroatoms. The molecule has 2 aromatic rings. The summed E-state index contributed by atoms with van der Waals surface area (Å²) in [6.45, 7) is 3.73. The predicted octanol–water partition coefficient (Wildman–Crippen LogP) is 1.99. The van der Waals surface area contributed by atoms with E-state index >= 15 is 0 Å². The third-order valence-electron chi connectivity index (χ3n) is 3.00. The molecule has 0 atom stereocenters. The van der Waals surface area contributed by atoms with Gasteiger partial charge in [0.05, 0.1) is 0 Å². The van der Waals surface area contributed by atoms with Gasteiger partial charge in [-0.1, -0.05) is 36.4 Å². The average molecular weight is 328 g/mol. The number of benzene rings is 2. The van der Waals surface area contributed by atoms with Crippen LogP contribution >= 0.6 is 0 Å². The van der Waals surface area contributed by atoms with Crippen molar-refractivity contribution in [3.8, 4) is 0 Å². The molecule has 0 aliphatic rings. The predicted molar refractivity (Wildman–Crippen MR) is 91.2 cm³/mol. The van der Waals surface area contributed by atoms with Crippen molar-refractivity contribution in [3.05, 3.63) is 71.8 Å². The van der Waals surface area contributed by atoms with Gasteiger partial charge >= 0.3 is 9.36 Å². The molecule has 2 aromatic carbocycles. The fourth-order valence-electron chi connectivity index (χ4n) is 1.96. The lowest BCUT2D eigenvalue weighted by Crippen LogP contribution is -2.55. The van der Waals surface area contributed by atoms with Crippen molar-refractivity contribution in [2.75, 3.05) is 0 Å². The number of carbonyl (C=O) groups is 2. The van der Waals surface area contributed by atoms with Crippen LogP contribution in [-0.2, 0) is 4.43 Å². The van der Waals surface area contributed by atoms with Crippen molar-refractivity contribution in [2.24, 2.45) is 0 Å². The van der Waals surface area contributed by atoms with Crippen LogP contribution in [0, 0.1) is 0 Å². The van der Waals surface area contributed by atoms with E-state index in [4.69, 9.17) is 4.43 Å². The van der Waals surface area contributed by atoms with Gasteiger partial charge in [0.1, 0.15) is 0 Å². The number of hydrogen-bond donors (Lipinski definition) is 2. The van der Waals surface area contributed by atoms with Gasteiger partial charge in [0.25, 0.3) is 0 Å². The number of hydrogen-bond acceptors (Lipinski definition) is 3. The Balaban J connectivity index is 2.05. The molecule has 0 heterocycles. The monoisotopic (exact) mass is 328 g/mol. The van der Waals surface area contributed by atoms with E-state index in [9.17, 15) is 9.59 Å². The van der Waals surface area contributed by atoms with Gasteiger partial charge in [-0.3, -0.25) is 9.59 Å². The van der Waals surface area contributed by atoms with Gasteiger partial charge in [0, 0.05) is 17.2 Å². The lowest BCUT2D eigenvalue weighted by atomic mass is 10.2. The first kappa shape index (κ1) is 16.9. The van der Waals surface area contributed by atoms with E-state index in [2.05, 4.69) is 9.96 Å². The molecule has 0 aliphatic heterocycles. The second kappa shape index (κ2) is 8.26. The van der Waals surface area contributed by atoms with Crippen molar-refractivity contribution >= 4 is 21.2 Å². The molecule has 0 aliphatic carbocycles. The highest BCUT2D eigenvalue weighted by molar-refractivity contribution is 6.54. The Morgan fingerprint density at radius 1 is 0.826 bits per heavy atom. The normalized spacial score (nSPS) is 10.6. The third kappa shape index (κ3) is 5.35. The molecule has 0 spiro atoms. The maximum absolute atomic E-state index is 12.2. The Morgan fingerprint density at radius 2 is 1.22 bits per heavy atom. The number of rotatable bonds is 6. The second-order valence-electron chi connectivity index (χ2n) is 5.24.